The summed E-state index contributed by atoms with van der Waals surface area (Å²) < 4.78 is 10.5. The van der Waals surface area contributed by atoms with Crippen LogP contribution in [0.1, 0.15) is 52.0 Å². The number of ether oxygens (including phenoxy) is 2. The number of Topliss-reactive ketones (excluding diaryl/α,β-unsaturated/α-hetero) is 1. The zero-order valence-corrected chi connectivity index (χ0v) is 18.1. The molecule has 0 saturated heterocycles. The lowest BCUT2D eigenvalue weighted by Crippen LogP contribution is -2.38. The van der Waals surface area contributed by atoms with E-state index in [1.165, 1.54) is 7.11 Å². The third-order valence-corrected chi connectivity index (χ3v) is 5.63. The van der Waals surface area contributed by atoms with Crippen molar-refractivity contribution in [2.45, 2.75) is 46.5 Å². The molecular weight excluding hydrogens is 394 g/mol. The second-order valence-electron chi connectivity index (χ2n) is 8.20. The van der Waals surface area contributed by atoms with Crippen LogP contribution in [-0.2, 0) is 14.3 Å². The average molecular weight is 420 g/mol. The lowest BCUT2D eigenvalue weighted by Gasteiger charge is -2.39. The third-order valence-electron chi connectivity index (χ3n) is 5.34. The molecule has 2 aliphatic rings. The van der Waals surface area contributed by atoms with Crippen molar-refractivity contribution in [2.75, 3.05) is 13.7 Å². The number of rotatable bonds is 4. The molecule has 1 aromatic carbocycles. The first-order valence-electron chi connectivity index (χ1n) is 9.57. The monoisotopic (exact) mass is 419 g/mol. The molecule has 2 N–H and O–H groups in total. The molecule has 1 aliphatic heterocycles. The average Bonchev–Trinajstić information content (AvgIpc) is 2.61. The van der Waals surface area contributed by atoms with Crippen LogP contribution < -0.4 is 10.1 Å². The molecule has 1 unspecified atom stereocenters. The number of halogens is 1. The molecule has 1 atom stereocenters. The Morgan fingerprint density at radius 2 is 2.03 bits per heavy atom. The van der Waals surface area contributed by atoms with Gasteiger partial charge in [-0.3, -0.25) is 4.79 Å². The number of esters is 1. The number of phenolic OH excluding ortho intramolecular Hbond substituents is 1. The third kappa shape index (κ3) is 3.86. The first-order valence-corrected chi connectivity index (χ1v) is 9.95. The van der Waals surface area contributed by atoms with E-state index in [0.717, 1.165) is 5.70 Å². The van der Waals surface area contributed by atoms with Crippen molar-refractivity contribution in [3.63, 3.8) is 0 Å². The minimum atomic E-state index is -0.652. The van der Waals surface area contributed by atoms with Crippen LogP contribution in [0.4, 0.5) is 0 Å². The normalized spacial score (nSPS) is 20.9. The number of phenols is 1. The number of nitrogens with one attached hydrogen (secondary N) is 1. The Bertz CT molecular complexity index is 945. The fraction of sp³-hybridized carbons (Fsp3) is 0.455. The lowest BCUT2D eigenvalue weighted by atomic mass is 9.68. The van der Waals surface area contributed by atoms with Crippen LogP contribution in [0.15, 0.2) is 34.7 Å². The Morgan fingerprint density at radius 1 is 1.34 bits per heavy atom. The molecule has 1 heterocycles. The molecule has 0 aromatic heterocycles. The highest BCUT2D eigenvalue weighted by Crippen LogP contribution is 2.48. The molecule has 0 saturated carbocycles. The van der Waals surface area contributed by atoms with E-state index in [2.05, 4.69) is 5.32 Å². The fourth-order valence-corrected chi connectivity index (χ4v) is 4.38. The van der Waals surface area contributed by atoms with E-state index in [1.54, 1.807) is 26.0 Å². The highest BCUT2D eigenvalue weighted by Gasteiger charge is 2.43. The smallest absolute Gasteiger partial charge is 0.336 e. The number of dihydropyridines is 1. The van der Waals surface area contributed by atoms with E-state index in [4.69, 9.17) is 21.1 Å². The number of aromatic hydroxyl groups is 1. The van der Waals surface area contributed by atoms with Gasteiger partial charge in [0.1, 0.15) is 0 Å². The van der Waals surface area contributed by atoms with Crippen LogP contribution in [0, 0.1) is 5.41 Å². The molecule has 7 heteroatoms. The van der Waals surface area contributed by atoms with Crippen LogP contribution in [0.2, 0.25) is 5.02 Å². The summed E-state index contributed by atoms with van der Waals surface area (Å²) >= 11 is 6.22. The van der Waals surface area contributed by atoms with E-state index in [1.807, 2.05) is 13.8 Å². The second kappa shape index (κ2) is 7.75. The van der Waals surface area contributed by atoms with Crippen molar-refractivity contribution >= 4 is 23.4 Å². The molecule has 0 fully saturated rings. The molecule has 0 spiro atoms. The van der Waals surface area contributed by atoms with Gasteiger partial charge in [-0.1, -0.05) is 25.4 Å². The molecule has 156 valence electrons. The van der Waals surface area contributed by atoms with Crippen LogP contribution in [0.5, 0.6) is 11.5 Å². The summed E-state index contributed by atoms with van der Waals surface area (Å²) in [5, 5.41) is 13.5. The minimum Gasteiger partial charge on any atom is -0.503 e. The standard InChI is InChI=1S/C22H26ClNO5/c1-6-29-21(27)17-11(2)24-14-9-22(3,4)10-15(25)19(14)18(17)12-7-13(23)20(26)16(8-12)28-5/h7-8,18,24,26H,6,9-10H2,1-5H3. The Kier molecular flexibility index (Phi) is 5.68. The van der Waals surface area contributed by atoms with Crippen LogP contribution in [-0.4, -0.2) is 30.6 Å². The van der Waals surface area contributed by atoms with Crippen molar-refractivity contribution in [3.05, 3.63) is 45.3 Å². The zero-order valence-electron chi connectivity index (χ0n) is 17.3. The van der Waals surface area contributed by atoms with Crippen LogP contribution >= 0.6 is 11.6 Å². The summed E-state index contributed by atoms with van der Waals surface area (Å²) in [6, 6.07) is 3.18. The van der Waals surface area contributed by atoms with Gasteiger partial charge in [-0.05, 0) is 43.4 Å². The van der Waals surface area contributed by atoms with E-state index in [0.29, 0.717) is 35.2 Å². The van der Waals surface area contributed by atoms with Crippen molar-refractivity contribution in [1.29, 1.82) is 0 Å². The van der Waals surface area contributed by atoms with Gasteiger partial charge in [0.2, 0.25) is 0 Å². The molecule has 29 heavy (non-hydrogen) atoms. The molecular formula is C22H26ClNO5. The summed E-state index contributed by atoms with van der Waals surface area (Å²) in [6.45, 7) is 7.85. The Morgan fingerprint density at radius 3 is 2.66 bits per heavy atom. The van der Waals surface area contributed by atoms with Gasteiger partial charge < -0.3 is 19.9 Å². The number of methoxy groups -OCH3 is 1. The van der Waals surface area contributed by atoms with Gasteiger partial charge in [0.05, 0.1) is 24.3 Å². The number of allylic oxidation sites excluding steroid dienone is 3. The highest BCUT2D eigenvalue weighted by molar-refractivity contribution is 6.32. The predicted molar refractivity (Wildman–Crippen MR) is 110 cm³/mol. The highest BCUT2D eigenvalue weighted by atomic mass is 35.5. The Hall–Kier alpha value is -2.47. The van der Waals surface area contributed by atoms with E-state index < -0.39 is 11.9 Å². The van der Waals surface area contributed by atoms with E-state index >= 15 is 0 Å². The SMILES string of the molecule is CCOC(=O)C1=C(C)NC2=C(C(=O)CC(C)(C)C2)C1c1cc(Cl)c(O)c(OC)c1. The van der Waals surface area contributed by atoms with Gasteiger partial charge >= 0.3 is 5.97 Å². The number of hydrogen-bond acceptors (Lipinski definition) is 6. The largest absolute Gasteiger partial charge is 0.503 e. The maximum absolute atomic E-state index is 13.2. The Balaban J connectivity index is 2.25. The Labute approximate surface area is 175 Å². The molecule has 0 radical (unpaired) electrons. The maximum atomic E-state index is 13.2. The number of benzene rings is 1. The summed E-state index contributed by atoms with van der Waals surface area (Å²) in [6.07, 6.45) is 1.06. The van der Waals surface area contributed by atoms with Crippen molar-refractivity contribution in [2.24, 2.45) is 5.41 Å². The van der Waals surface area contributed by atoms with Gasteiger partial charge in [0, 0.05) is 29.3 Å². The number of hydrogen-bond donors (Lipinski definition) is 2. The first kappa shape index (κ1) is 21.2. The summed E-state index contributed by atoms with van der Waals surface area (Å²) in [5.74, 6) is -1.17. The van der Waals surface area contributed by atoms with Gasteiger partial charge in [0.25, 0.3) is 0 Å². The quantitative estimate of drug-likeness (QED) is 0.711. The summed E-state index contributed by atoms with van der Waals surface area (Å²) in [5.41, 5.74) is 2.77. The van der Waals surface area contributed by atoms with Gasteiger partial charge in [-0.2, -0.15) is 0 Å². The molecule has 0 amide bonds. The minimum absolute atomic E-state index is 0.0220. The fourth-order valence-electron chi connectivity index (χ4n) is 4.16. The van der Waals surface area contributed by atoms with Crippen LogP contribution in [0.25, 0.3) is 0 Å². The molecule has 0 bridgehead atoms. The topological polar surface area (TPSA) is 84.9 Å². The maximum Gasteiger partial charge on any atom is 0.336 e. The van der Waals surface area contributed by atoms with Gasteiger partial charge in [0.15, 0.2) is 17.3 Å². The van der Waals surface area contributed by atoms with Crippen molar-refractivity contribution in [1.82, 2.24) is 5.32 Å². The van der Waals surface area contributed by atoms with E-state index in [9.17, 15) is 14.7 Å². The zero-order chi connectivity index (χ0) is 21.5. The first-order chi connectivity index (χ1) is 13.6. The predicted octanol–water partition coefficient (Wildman–Crippen LogP) is 4.22. The number of carbonyl (C=O) groups is 2. The molecule has 3 rings (SSSR count). The van der Waals surface area contributed by atoms with Crippen LogP contribution in [0.3, 0.4) is 0 Å². The summed E-state index contributed by atoms with van der Waals surface area (Å²) in [7, 11) is 1.42. The summed E-state index contributed by atoms with van der Waals surface area (Å²) in [4.78, 5) is 26.0. The lowest BCUT2D eigenvalue weighted by molar-refractivity contribution is -0.138. The molecule has 1 aliphatic carbocycles. The van der Waals surface area contributed by atoms with E-state index in [-0.39, 0.29) is 34.3 Å². The number of carbonyl (C=O) groups excluding carboxylic acids is 2. The van der Waals surface area contributed by atoms with Gasteiger partial charge in [-0.15, -0.1) is 0 Å². The number of ketones is 1. The molecule has 6 nitrogen and oxygen atoms in total. The second-order valence-corrected chi connectivity index (χ2v) is 8.61. The van der Waals surface area contributed by atoms with Gasteiger partial charge in [-0.25, -0.2) is 4.79 Å². The van der Waals surface area contributed by atoms with Crippen molar-refractivity contribution < 1.29 is 24.2 Å². The molecule has 1 aromatic rings. The van der Waals surface area contributed by atoms with Crippen molar-refractivity contribution in [3.8, 4) is 11.5 Å².